The van der Waals surface area contributed by atoms with Crippen LogP contribution in [-0.2, 0) is 0 Å². The minimum absolute atomic E-state index is 0.0463. The number of carboxylic acids is 1. The first kappa shape index (κ1) is 11.2. The van der Waals surface area contributed by atoms with Gasteiger partial charge in [-0.1, -0.05) is 11.6 Å². The van der Waals surface area contributed by atoms with E-state index in [-0.39, 0.29) is 5.69 Å². The molecule has 1 N–H and O–H groups in total. The topological polar surface area (TPSA) is 53.4 Å². The molecule has 0 radical (unpaired) electrons. The molecule has 16 heavy (non-hydrogen) atoms. The maximum atomic E-state index is 10.8. The fourth-order valence-corrected chi connectivity index (χ4v) is 2.10. The Hall–Kier alpha value is -1.29. The fraction of sp³-hybridized carbons (Fsp3) is 0.455. The van der Waals surface area contributed by atoms with Crippen molar-refractivity contribution in [1.82, 2.24) is 4.98 Å². The normalized spacial score (nSPS) is 16.2. The number of hydrogen-bond donors (Lipinski definition) is 1. The molecule has 1 saturated heterocycles. The lowest BCUT2D eigenvalue weighted by molar-refractivity contribution is 0.0690. The van der Waals surface area contributed by atoms with Gasteiger partial charge in [0.15, 0.2) is 5.69 Å². The fourth-order valence-electron chi connectivity index (χ4n) is 1.88. The Morgan fingerprint density at radius 1 is 1.31 bits per heavy atom. The summed E-state index contributed by atoms with van der Waals surface area (Å²) in [6, 6.07) is 3.03. The Labute approximate surface area is 98.9 Å². The molecular weight excluding hydrogens is 228 g/mol. The van der Waals surface area contributed by atoms with E-state index >= 15 is 0 Å². The number of aromatic carboxylic acids is 1. The Kier molecular flexibility index (Phi) is 3.29. The van der Waals surface area contributed by atoms with Crippen LogP contribution >= 0.6 is 11.6 Å². The van der Waals surface area contributed by atoms with Gasteiger partial charge in [0.1, 0.15) is 5.82 Å². The first-order valence-corrected chi connectivity index (χ1v) is 5.71. The minimum Gasteiger partial charge on any atom is -0.477 e. The van der Waals surface area contributed by atoms with Crippen LogP contribution in [0.4, 0.5) is 5.82 Å². The number of anilines is 1. The molecule has 0 spiro atoms. The minimum atomic E-state index is -1.02. The van der Waals surface area contributed by atoms with Crippen molar-refractivity contribution in [3.63, 3.8) is 0 Å². The van der Waals surface area contributed by atoms with Crippen LogP contribution in [0.25, 0.3) is 0 Å². The lowest BCUT2D eigenvalue weighted by Gasteiger charge is -2.28. The standard InChI is InChI=1S/C11H13ClN2O2/c12-8-4-5-9(11(15)16)13-10(8)14-6-2-1-3-7-14/h4-5H,1-3,6-7H2,(H,15,16). The third kappa shape index (κ3) is 2.27. The van der Waals surface area contributed by atoms with Gasteiger partial charge >= 0.3 is 5.97 Å². The van der Waals surface area contributed by atoms with Gasteiger partial charge in [0.2, 0.25) is 0 Å². The van der Waals surface area contributed by atoms with Gasteiger partial charge in [-0.25, -0.2) is 9.78 Å². The van der Waals surface area contributed by atoms with Gasteiger partial charge in [-0.3, -0.25) is 0 Å². The van der Waals surface area contributed by atoms with Crippen molar-refractivity contribution < 1.29 is 9.90 Å². The van der Waals surface area contributed by atoms with Crippen molar-refractivity contribution in [2.45, 2.75) is 19.3 Å². The summed E-state index contributed by atoms with van der Waals surface area (Å²) in [5.74, 6) is -0.420. The van der Waals surface area contributed by atoms with Crippen LogP contribution in [0.5, 0.6) is 0 Å². The van der Waals surface area contributed by atoms with Gasteiger partial charge < -0.3 is 10.0 Å². The molecule has 0 aliphatic carbocycles. The quantitative estimate of drug-likeness (QED) is 0.863. The number of hydrogen-bond acceptors (Lipinski definition) is 3. The predicted molar refractivity (Wildman–Crippen MR) is 62.3 cm³/mol. The Balaban J connectivity index is 2.30. The van der Waals surface area contributed by atoms with Crippen molar-refractivity contribution in [2.24, 2.45) is 0 Å². The predicted octanol–water partition coefficient (Wildman–Crippen LogP) is 2.42. The Morgan fingerprint density at radius 3 is 2.62 bits per heavy atom. The molecule has 2 rings (SSSR count). The lowest BCUT2D eigenvalue weighted by Crippen LogP contribution is -2.30. The molecule has 0 saturated carbocycles. The molecule has 0 aromatic carbocycles. The average molecular weight is 241 g/mol. The van der Waals surface area contributed by atoms with Crippen LogP contribution < -0.4 is 4.90 Å². The molecule has 0 unspecified atom stereocenters. The number of halogens is 1. The van der Waals surface area contributed by atoms with Gasteiger partial charge in [-0.15, -0.1) is 0 Å². The number of piperidine rings is 1. The molecule has 0 atom stereocenters. The maximum Gasteiger partial charge on any atom is 0.354 e. The maximum absolute atomic E-state index is 10.8. The SMILES string of the molecule is O=C(O)c1ccc(Cl)c(N2CCCCC2)n1. The zero-order valence-electron chi connectivity index (χ0n) is 8.82. The highest BCUT2D eigenvalue weighted by Gasteiger charge is 2.17. The largest absolute Gasteiger partial charge is 0.477 e. The highest BCUT2D eigenvalue weighted by molar-refractivity contribution is 6.33. The zero-order valence-corrected chi connectivity index (χ0v) is 9.57. The van der Waals surface area contributed by atoms with E-state index < -0.39 is 5.97 Å². The van der Waals surface area contributed by atoms with Crippen LogP contribution in [0.2, 0.25) is 5.02 Å². The molecule has 0 bridgehead atoms. The highest BCUT2D eigenvalue weighted by Crippen LogP contribution is 2.26. The molecule has 1 aromatic heterocycles. The van der Waals surface area contributed by atoms with Crippen molar-refractivity contribution in [2.75, 3.05) is 18.0 Å². The molecule has 1 aromatic rings. The Morgan fingerprint density at radius 2 is 2.00 bits per heavy atom. The zero-order chi connectivity index (χ0) is 11.5. The van der Waals surface area contributed by atoms with E-state index in [1.165, 1.54) is 12.5 Å². The van der Waals surface area contributed by atoms with E-state index in [0.29, 0.717) is 10.8 Å². The number of aromatic nitrogens is 1. The van der Waals surface area contributed by atoms with Crippen molar-refractivity contribution in [3.8, 4) is 0 Å². The van der Waals surface area contributed by atoms with Crippen molar-refractivity contribution >= 4 is 23.4 Å². The summed E-state index contributed by atoms with van der Waals surface area (Å²) >= 11 is 6.04. The van der Waals surface area contributed by atoms with Crippen LogP contribution in [0, 0.1) is 0 Å². The van der Waals surface area contributed by atoms with Crippen LogP contribution in [0.15, 0.2) is 12.1 Å². The summed E-state index contributed by atoms with van der Waals surface area (Å²) in [7, 11) is 0. The molecule has 1 aliphatic rings. The van der Waals surface area contributed by atoms with E-state index in [0.717, 1.165) is 25.9 Å². The average Bonchev–Trinajstić information content (AvgIpc) is 2.30. The Bertz CT molecular complexity index is 403. The van der Waals surface area contributed by atoms with E-state index in [9.17, 15) is 4.79 Å². The number of nitrogens with zero attached hydrogens (tertiary/aromatic N) is 2. The van der Waals surface area contributed by atoms with E-state index in [4.69, 9.17) is 16.7 Å². The molecule has 5 heteroatoms. The number of pyridine rings is 1. The third-order valence-corrected chi connectivity index (χ3v) is 3.00. The molecular formula is C11H13ClN2O2. The van der Waals surface area contributed by atoms with E-state index in [1.54, 1.807) is 6.07 Å². The van der Waals surface area contributed by atoms with Gasteiger partial charge in [0.05, 0.1) is 5.02 Å². The monoisotopic (exact) mass is 240 g/mol. The van der Waals surface area contributed by atoms with Gasteiger partial charge in [-0.2, -0.15) is 0 Å². The lowest BCUT2D eigenvalue weighted by atomic mass is 10.1. The number of rotatable bonds is 2. The summed E-state index contributed by atoms with van der Waals surface area (Å²) in [6.07, 6.45) is 3.43. The van der Waals surface area contributed by atoms with Crippen molar-refractivity contribution in [3.05, 3.63) is 22.8 Å². The summed E-state index contributed by atoms with van der Waals surface area (Å²) in [5.41, 5.74) is 0.0463. The molecule has 1 aliphatic heterocycles. The number of carbonyl (C=O) groups is 1. The van der Waals surface area contributed by atoms with E-state index in [2.05, 4.69) is 9.88 Å². The molecule has 86 valence electrons. The third-order valence-electron chi connectivity index (χ3n) is 2.70. The molecule has 0 amide bonds. The second-order valence-electron chi connectivity index (χ2n) is 3.85. The van der Waals surface area contributed by atoms with E-state index in [1.807, 2.05) is 0 Å². The molecule has 4 nitrogen and oxygen atoms in total. The summed E-state index contributed by atoms with van der Waals surface area (Å²) in [6.45, 7) is 1.80. The second-order valence-corrected chi connectivity index (χ2v) is 4.26. The summed E-state index contributed by atoms with van der Waals surface area (Å²) < 4.78 is 0. The first-order chi connectivity index (χ1) is 7.68. The van der Waals surface area contributed by atoms with Gasteiger partial charge in [0, 0.05) is 13.1 Å². The van der Waals surface area contributed by atoms with Crippen molar-refractivity contribution in [1.29, 1.82) is 0 Å². The first-order valence-electron chi connectivity index (χ1n) is 5.33. The molecule has 2 heterocycles. The van der Waals surface area contributed by atoms with Crippen LogP contribution in [-0.4, -0.2) is 29.1 Å². The smallest absolute Gasteiger partial charge is 0.354 e. The second kappa shape index (κ2) is 4.70. The summed E-state index contributed by atoms with van der Waals surface area (Å²) in [5, 5.41) is 9.39. The van der Waals surface area contributed by atoms with Crippen LogP contribution in [0.1, 0.15) is 29.8 Å². The highest BCUT2D eigenvalue weighted by atomic mass is 35.5. The van der Waals surface area contributed by atoms with Gasteiger partial charge in [0.25, 0.3) is 0 Å². The van der Waals surface area contributed by atoms with Crippen LogP contribution in [0.3, 0.4) is 0 Å². The number of carboxylic acid groups (broad SMARTS) is 1. The molecule has 1 fully saturated rings. The van der Waals surface area contributed by atoms with Gasteiger partial charge in [-0.05, 0) is 31.4 Å². The summed E-state index contributed by atoms with van der Waals surface area (Å²) in [4.78, 5) is 17.0.